The molecule has 0 spiro atoms. The predicted octanol–water partition coefficient (Wildman–Crippen LogP) is 2.49. The highest BCUT2D eigenvalue weighted by Crippen LogP contribution is 2.32. The second-order valence-electron chi connectivity index (χ2n) is 4.80. The fraction of sp³-hybridized carbons (Fsp3) is 0. The van der Waals surface area contributed by atoms with Crippen molar-refractivity contribution in [3.63, 3.8) is 0 Å². The minimum Gasteiger partial charge on any atom is -0.456 e. The summed E-state index contributed by atoms with van der Waals surface area (Å²) in [6.07, 6.45) is 1.45. The quantitative estimate of drug-likeness (QED) is 0.490. The summed E-state index contributed by atoms with van der Waals surface area (Å²) < 4.78 is 5.58. The summed E-state index contributed by atoms with van der Waals surface area (Å²) in [6.45, 7) is 0. The zero-order valence-corrected chi connectivity index (χ0v) is 13.3. The van der Waals surface area contributed by atoms with Crippen molar-refractivity contribution >= 4 is 40.6 Å². The van der Waals surface area contributed by atoms with Crippen molar-refractivity contribution in [2.75, 3.05) is 0 Å². The van der Waals surface area contributed by atoms with Crippen LogP contribution in [0.25, 0.3) is 17.4 Å². The van der Waals surface area contributed by atoms with Gasteiger partial charge in [-0.05, 0) is 30.0 Å². The lowest BCUT2D eigenvalue weighted by Crippen LogP contribution is -2.21. The van der Waals surface area contributed by atoms with Crippen LogP contribution in [0.4, 0.5) is 10.5 Å². The third-order valence-electron chi connectivity index (χ3n) is 3.13. The molecule has 0 radical (unpaired) electrons. The van der Waals surface area contributed by atoms with Gasteiger partial charge in [0.1, 0.15) is 11.5 Å². The molecule has 2 aromatic rings. The molecule has 1 aliphatic rings. The van der Waals surface area contributed by atoms with Gasteiger partial charge in [0.15, 0.2) is 5.17 Å². The number of carbonyl (C=O) groups excluding carboxylic acids is 2. The highest BCUT2D eigenvalue weighted by molar-refractivity contribution is 8.18. The number of benzene rings is 1. The molecule has 3 N–H and O–H groups in total. The first-order valence-electron chi connectivity index (χ1n) is 6.86. The molecule has 9 nitrogen and oxygen atoms in total. The molecular formula is C15H10N4O5S. The number of hydrogen-bond donors (Lipinski definition) is 2. The van der Waals surface area contributed by atoms with Gasteiger partial charge in [-0.25, -0.2) is 4.79 Å². The maximum atomic E-state index is 11.8. The summed E-state index contributed by atoms with van der Waals surface area (Å²) in [5.74, 6) is 0.174. The van der Waals surface area contributed by atoms with E-state index >= 15 is 0 Å². The second kappa shape index (κ2) is 6.61. The van der Waals surface area contributed by atoms with Crippen molar-refractivity contribution in [1.82, 2.24) is 5.32 Å². The van der Waals surface area contributed by atoms with Crippen LogP contribution in [0.3, 0.4) is 0 Å². The van der Waals surface area contributed by atoms with Gasteiger partial charge in [0, 0.05) is 12.1 Å². The van der Waals surface area contributed by atoms with E-state index in [1.165, 1.54) is 12.1 Å². The van der Waals surface area contributed by atoms with E-state index in [1.54, 1.807) is 30.3 Å². The number of thioether (sulfide) groups is 1. The van der Waals surface area contributed by atoms with Crippen LogP contribution in [-0.2, 0) is 4.79 Å². The Bertz CT molecular complexity index is 947. The number of nitrogens with one attached hydrogen (secondary N) is 1. The van der Waals surface area contributed by atoms with Gasteiger partial charge in [0.25, 0.3) is 11.6 Å². The van der Waals surface area contributed by atoms with E-state index in [0.717, 1.165) is 11.8 Å². The molecule has 1 saturated heterocycles. The first-order valence-corrected chi connectivity index (χ1v) is 7.68. The maximum Gasteiger partial charge on any atom is 0.340 e. The molecule has 1 fully saturated rings. The van der Waals surface area contributed by atoms with Crippen LogP contribution < -0.4 is 11.1 Å². The van der Waals surface area contributed by atoms with E-state index in [2.05, 4.69) is 10.3 Å². The molecule has 25 heavy (non-hydrogen) atoms. The van der Waals surface area contributed by atoms with Crippen LogP contribution in [0.5, 0.6) is 0 Å². The van der Waals surface area contributed by atoms with Crippen molar-refractivity contribution < 1.29 is 18.9 Å². The predicted molar refractivity (Wildman–Crippen MR) is 91.5 cm³/mol. The van der Waals surface area contributed by atoms with Crippen molar-refractivity contribution in [1.29, 1.82) is 0 Å². The van der Waals surface area contributed by atoms with E-state index in [1.807, 2.05) is 0 Å². The Balaban J connectivity index is 1.89. The molecule has 126 valence electrons. The molecule has 1 aromatic heterocycles. The Morgan fingerprint density at radius 2 is 2.08 bits per heavy atom. The largest absolute Gasteiger partial charge is 0.456 e. The fourth-order valence-electron chi connectivity index (χ4n) is 2.13. The summed E-state index contributed by atoms with van der Waals surface area (Å²) in [5, 5.41) is 13.6. The Labute approximate surface area is 144 Å². The first-order chi connectivity index (χ1) is 11.9. The molecule has 0 bridgehead atoms. The van der Waals surface area contributed by atoms with Gasteiger partial charge in [-0.15, -0.1) is 0 Å². The SMILES string of the molecule is NC(=O)N=C1NC(=O)/C(=C/c2ccc(-c3ccccc3[N+](=O)[O-])o2)S1. The number of amidine groups is 1. The first kappa shape index (κ1) is 16.5. The number of furan rings is 1. The maximum absolute atomic E-state index is 11.8. The average Bonchev–Trinajstić information content (AvgIpc) is 3.14. The van der Waals surface area contributed by atoms with Crippen molar-refractivity contribution in [2.24, 2.45) is 10.7 Å². The van der Waals surface area contributed by atoms with Gasteiger partial charge in [0.2, 0.25) is 0 Å². The third-order valence-corrected chi connectivity index (χ3v) is 4.04. The van der Waals surface area contributed by atoms with Crippen LogP contribution in [0.15, 0.2) is 50.7 Å². The normalized spacial score (nSPS) is 17.0. The highest BCUT2D eigenvalue weighted by atomic mass is 32.2. The number of aliphatic imine (C=N–C) groups is 1. The van der Waals surface area contributed by atoms with Crippen molar-refractivity contribution in [3.05, 3.63) is 57.2 Å². The lowest BCUT2D eigenvalue weighted by molar-refractivity contribution is -0.384. The zero-order valence-electron chi connectivity index (χ0n) is 12.5. The number of nitrogens with zero attached hydrogens (tertiary/aromatic N) is 2. The van der Waals surface area contributed by atoms with Gasteiger partial charge < -0.3 is 15.5 Å². The van der Waals surface area contributed by atoms with Crippen LogP contribution >= 0.6 is 11.8 Å². The minimum atomic E-state index is -0.916. The van der Waals surface area contributed by atoms with E-state index < -0.39 is 16.9 Å². The van der Waals surface area contributed by atoms with Gasteiger partial charge >= 0.3 is 6.03 Å². The zero-order chi connectivity index (χ0) is 18.0. The summed E-state index contributed by atoms with van der Waals surface area (Å²) in [4.78, 5) is 36.9. The highest BCUT2D eigenvalue weighted by Gasteiger charge is 2.25. The summed E-state index contributed by atoms with van der Waals surface area (Å²) in [5.41, 5.74) is 5.18. The van der Waals surface area contributed by atoms with E-state index in [0.29, 0.717) is 17.1 Å². The summed E-state index contributed by atoms with van der Waals surface area (Å²) in [7, 11) is 0. The average molecular weight is 358 g/mol. The molecule has 0 aliphatic carbocycles. The standard InChI is InChI=1S/C15H10N4O5S/c16-14(21)18-15-17-13(20)12(25-15)7-8-5-6-11(24-8)9-3-1-2-4-10(9)19(22)23/h1-7H,(H3,16,17,18,20,21)/b12-7-. The minimum absolute atomic E-state index is 0.0780. The van der Waals surface area contributed by atoms with E-state index in [9.17, 15) is 19.7 Å². The number of nitro groups is 1. The second-order valence-corrected chi connectivity index (χ2v) is 5.83. The summed E-state index contributed by atoms with van der Waals surface area (Å²) >= 11 is 0.936. The Hall–Kier alpha value is -3.40. The monoisotopic (exact) mass is 358 g/mol. The fourth-order valence-corrected chi connectivity index (χ4v) is 2.93. The van der Waals surface area contributed by atoms with Gasteiger partial charge in [-0.1, -0.05) is 12.1 Å². The van der Waals surface area contributed by atoms with Crippen LogP contribution in [0, 0.1) is 10.1 Å². The third kappa shape index (κ3) is 3.58. The lowest BCUT2D eigenvalue weighted by atomic mass is 10.1. The number of carbonyl (C=O) groups is 2. The van der Waals surface area contributed by atoms with E-state index in [-0.39, 0.29) is 15.8 Å². The Morgan fingerprint density at radius 1 is 1.32 bits per heavy atom. The lowest BCUT2D eigenvalue weighted by Gasteiger charge is -1.98. The molecule has 1 aromatic carbocycles. The number of primary amides is 1. The van der Waals surface area contributed by atoms with Gasteiger partial charge in [0.05, 0.1) is 15.4 Å². The number of urea groups is 1. The number of amides is 3. The molecular weight excluding hydrogens is 348 g/mol. The molecule has 0 saturated carbocycles. The van der Waals surface area contributed by atoms with Crippen molar-refractivity contribution in [2.45, 2.75) is 0 Å². The molecule has 0 unspecified atom stereocenters. The van der Waals surface area contributed by atoms with Gasteiger partial charge in [-0.2, -0.15) is 4.99 Å². The molecule has 3 amide bonds. The molecule has 0 atom stereocenters. The summed E-state index contributed by atoms with van der Waals surface area (Å²) in [6, 6.07) is 8.41. The van der Waals surface area contributed by atoms with Crippen LogP contribution in [0.1, 0.15) is 5.76 Å². The topological polar surface area (TPSA) is 141 Å². The Morgan fingerprint density at radius 3 is 2.80 bits per heavy atom. The van der Waals surface area contributed by atoms with E-state index in [4.69, 9.17) is 10.2 Å². The molecule has 3 rings (SSSR count). The number of hydrogen-bond acceptors (Lipinski definition) is 6. The smallest absolute Gasteiger partial charge is 0.340 e. The number of rotatable bonds is 3. The molecule has 2 heterocycles. The Kier molecular flexibility index (Phi) is 4.35. The van der Waals surface area contributed by atoms with Crippen molar-refractivity contribution in [3.8, 4) is 11.3 Å². The number of nitro benzene ring substituents is 1. The number of para-hydroxylation sites is 1. The van der Waals surface area contributed by atoms with Gasteiger partial charge in [-0.3, -0.25) is 14.9 Å². The number of nitrogens with two attached hydrogens (primary N) is 1. The van der Waals surface area contributed by atoms with Crippen LogP contribution in [0.2, 0.25) is 0 Å². The molecule has 10 heteroatoms. The van der Waals surface area contributed by atoms with Crippen LogP contribution in [-0.4, -0.2) is 22.0 Å². The molecule has 1 aliphatic heterocycles.